The second-order valence-electron chi connectivity index (χ2n) is 11.2. The summed E-state index contributed by atoms with van der Waals surface area (Å²) in [6.07, 6.45) is 2.21. The minimum absolute atomic E-state index is 0.0218. The quantitative estimate of drug-likeness (QED) is 0.224. The van der Waals surface area contributed by atoms with Crippen molar-refractivity contribution in [3.05, 3.63) is 162 Å². The van der Waals surface area contributed by atoms with Gasteiger partial charge in [-0.2, -0.15) is 0 Å². The van der Waals surface area contributed by atoms with E-state index in [1.165, 1.54) is 36.9 Å². The molecular formula is C40H26N2OS. The monoisotopic (exact) mass is 582 g/mol. The zero-order valence-corrected chi connectivity index (χ0v) is 24.5. The molecule has 3 nitrogen and oxygen atoms in total. The van der Waals surface area contributed by atoms with E-state index in [1.807, 2.05) is 23.5 Å². The maximum absolute atomic E-state index is 6.49. The van der Waals surface area contributed by atoms with Gasteiger partial charge in [0.2, 0.25) is 0 Å². The zero-order valence-electron chi connectivity index (χ0n) is 23.7. The lowest BCUT2D eigenvalue weighted by Crippen LogP contribution is -2.31. The summed E-state index contributed by atoms with van der Waals surface area (Å²) in [5, 5.41) is 8.42. The van der Waals surface area contributed by atoms with Crippen LogP contribution in [-0.4, -0.2) is 5.84 Å². The summed E-state index contributed by atoms with van der Waals surface area (Å²) >= 11 is 1.83. The fourth-order valence-corrected chi connectivity index (χ4v) is 7.62. The van der Waals surface area contributed by atoms with Crippen LogP contribution in [0.2, 0.25) is 0 Å². The summed E-state index contributed by atoms with van der Waals surface area (Å²) in [7, 11) is 0. The van der Waals surface area contributed by atoms with Gasteiger partial charge in [-0.3, -0.25) is 0 Å². The summed E-state index contributed by atoms with van der Waals surface area (Å²) in [6, 6.07) is 49.1. The Hall–Kier alpha value is -5.45. The van der Waals surface area contributed by atoms with Gasteiger partial charge in [0.05, 0.1) is 11.7 Å². The van der Waals surface area contributed by atoms with Crippen molar-refractivity contribution >= 4 is 65.0 Å². The highest BCUT2D eigenvalue weighted by Gasteiger charge is 2.21. The molecule has 1 N–H and O–H groups in total. The molecule has 4 heteroatoms. The van der Waals surface area contributed by atoms with Crippen molar-refractivity contribution in [3.8, 4) is 11.1 Å². The number of nitrogens with one attached hydrogen (secondary N) is 1. The number of para-hydroxylation sites is 1. The molecule has 1 atom stereocenters. The van der Waals surface area contributed by atoms with Crippen LogP contribution in [-0.2, 0) is 0 Å². The molecule has 0 saturated carbocycles. The Morgan fingerprint density at radius 3 is 2.11 bits per heavy atom. The first kappa shape index (κ1) is 25.1. The maximum atomic E-state index is 6.49. The first-order valence-electron chi connectivity index (χ1n) is 14.8. The van der Waals surface area contributed by atoms with E-state index in [1.54, 1.807) is 0 Å². The highest BCUT2D eigenvalue weighted by atomic mass is 32.1. The highest BCUT2D eigenvalue weighted by Crippen LogP contribution is 2.46. The zero-order chi connectivity index (χ0) is 29.0. The third-order valence-electron chi connectivity index (χ3n) is 8.54. The molecule has 44 heavy (non-hydrogen) atoms. The van der Waals surface area contributed by atoms with E-state index in [0.29, 0.717) is 0 Å². The summed E-state index contributed by atoms with van der Waals surface area (Å²) in [5.41, 5.74) is 8.62. The highest BCUT2D eigenvalue weighted by molar-refractivity contribution is 7.26. The molecule has 0 bridgehead atoms. The summed E-state index contributed by atoms with van der Waals surface area (Å²) in [6.45, 7) is 0. The topological polar surface area (TPSA) is 37.5 Å². The van der Waals surface area contributed by atoms with E-state index in [2.05, 4.69) is 139 Å². The molecule has 0 radical (unpaired) electrons. The maximum Gasteiger partial charge on any atom is 0.144 e. The predicted octanol–water partition coefficient (Wildman–Crippen LogP) is 10.8. The molecular weight excluding hydrogens is 557 g/mol. The Morgan fingerprint density at radius 2 is 1.30 bits per heavy atom. The normalized spacial score (nSPS) is 15.0. The molecule has 0 spiro atoms. The molecule has 3 heterocycles. The van der Waals surface area contributed by atoms with Crippen LogP contribution < -0.4 is 5.32 Å². The Labute approximate surface area is 258 Å². The van der Waals surface area contributed by atoms with Crippen molar-refractivity contribution < 1.29 is 4.42 Å². The van der Waals surface area contributed by atoms with Gasteiger partial charge in [0.15, 0.2) is 0 Å². The molecule has 208 valence electrons. The summed E-state index contributed by atoms with van der Waals surface area (Å²) in [4.78, 5) is 5.10. The third-order valence-corrected chi connectivity index (χ3v) is 9.74. The first-order chi connectivity index (χ1) is 21.8. The van der Waals surface area contributed by atoms with Crippen LogP contribution in [0.3, 0.4) is 0 Å². The first-order valence-corrected chi connectivity index (χ1v) is 15.7. The molecule has 1 unspecified atom stereocenters. The molecule has 2 aromatic heterocycles. The standard InChI is InChI=1S/C40H26N2OS/c1-3-11-26(12-4-1)33-24-34(27-13-5-2-6-14-27)42-40(41-33)28-21-19-25(20-22-28)31-23-32-29-15-7-9-17-35(29)43-38(32)37-30-16-8-10-18-36(30)44-39(31)37/h1-24,33H,(H,41,42). The molecule has 0 aliphatic carbocycles. The number of furan rings is 1. The van der Waals surface area contributed by atoms with Gasteiger partial charge in [0.1, 0.15) is 17.0 Å². The van der Waals surface area contributed by atoms with Gasteiger partial charge in [0.25, 0.3) is 0 Å². The van der Waals surface area contributed by atoms with Crippen molar-refractivity contribution in [2.45, 2.75) is 6.04 Å². The van der Waals surface area contributed by atoms with Crippen LogP contribution in [0.4, 0.5) is 0 Å². The third kappa shape index (κ3) is 4.07. The number of aliphatic imine (C=N–C) groups is 1. The number of amidine groups is 1. The van der Waals surface area contributed by atoms with Crippen molar-refractivity contribution in [1.82, 2.24) is 5.32 Å². The van der Waals surface area contributed by atoms with Gasteiger partial charge in [-0.1, -0.05) is 121 Å². The molecule has 9 rings (SSSR count). The van der Waals surface area contributed by atoms with Crippen molar-refractivity contribution in [3.63, 3.8) is 0 Å². The van der Waals surface area contributed by atoms with Crippen LogP contribution in [0.1, 0.15) is 22.7 Å². The Bertz CT molecular complexity index is 2400. The van der Waals surface area contributed by atoms with E-state index in [9.17, 15) is 0 Å². The van der Waals surface area contributed by atoms with Gasteiger partial charge in [0, 0.05) is 42.1 Å². The van der Waals surface area contributed by atoms with E-state index in [4.69, 9.17) is 9.41 Å². The van der Waals surface area contributed by atoms with E-state index in [0.717, 1.165) is 44.6 Å². The Morgan fingerprint density at radius 1 is 0.614 bits per heavy atom. The SMILES string of the molecule is C1=C(c2ccccc2)N=C(c2ccc(-c3cc4c5ccccc5oc4c4c3sc3ccccc34)cc2)NC1c1ccccc1. The Balaban J connectivity index is 1.18. The number of benzene rings is 6. The van der Waals surface area contributed by atoms with Crippen LogP contribution in [0.5, 0.6) is 0 Å². The van der Waals surface area contributed by atoms with Crippen molar-refractivity contribution in [2.24, 2.45) is 4.99 Å². The van der Waals surface area contributed by atoms with Gasteiger partial charge in [-0.25, -0.2) is 4.99 Å². The lowest BCUT2D eigenvalue weighted by Gasteiger charge is -2.24. The van der Waals surface area contributed by atoms with Crippen LogP contribution >= 0.6 is 11.3 Å². The second-order valence-corrected chi connectivity index (χ2v) is 12.2. The smallest absolute Gasteiger partial charge is 0.144 e. The van der Waals surface area contributed by atoms with Crippen LogP contribution in [0.15, 0.2) is 155 Å². The molecule has 8 aromatic rings. The molecule has 0 amide bonds. The fraction of sp³-hybridized carbons (Fsp3) is 0.0250. The number of rotatable bonds is 4. The van der Waals surface area contributed by atoms with Crippen LogP contribution in [0, 0.1) is 0 Å². The predicted molar refractivity (Wildman–Crippen MR) is 185 cm³/mol. The largest absolute Gasteiger partial charge is 0.455 e. The number of hydrogen-bond acceptors (Lipinski definition) is 4. The van der Waals surface area contributed by atoms with Gasteiger partial charge < -0.3 is 9.73 Å². The van der Waals surface area contributed by atoms with Gasteiger partial charge >= 0.3 is 0 Å². The average Bonchev–Trinajstić information content (AvgIpc) is 3.67. The average molecular weight is 583 g/mol. The summed E-state index contributed by atoms with van der Waals surface area (Å²) in [5.74, 6) is 0.870. The van der Waals surface area contributed by atoms with Crippen molar-refractivity contribution in [2.75, 3.05) is 0 Å². The molecule has 1 aliphatic rings. The Kier molecular flexibility index (Phi) is 5.75. The minimum atomic E-state index is 0.0218. The van der Waals surface area contributed by atoms with E-state index >= 15 is 0 Å². The van der Waals surface area contributed by atoms with E-state index < -0.39 is 0 Å². The number of thiophene rings is 1. The van der Waals surface area contributed by atoms with Crippen LogP contribution in [0.25, 0.3) is 58.9 Å². The summed E-state index contributed by atoms with van der Waals surface area (Å²) < 4.78 is 9.00. The minimum Gasteiger partial charge on any atom is -0.455 e. The lowest BCUT2D eigenvalue weighted by atomic mass is 9.97. The fourth-order valence-electron chi connectivity index (χ4n) is 6.38. The molecule has 6 aromatic carbocycles. The van der Waals surface area contributed by atoms with Gasteiger partial charge in [-0.15, -0.1) is 11.3 Å². The molecule has 0 fully saturated rings. The van der Waals surface area contributed by atoms with Crippen molar-refractivity contribution in [1.29, 1.82) is 0 Å². The molecule has 0 saturated heterocycles. The number of fused-ring (bicyclic) bond motifs is 7. The molecule has 1 aliphatic heterocycles. The lowest BCUT2D eigenvalue weighted by molar-refractivity contribution is 0.673. The number of hydrogen-bond donors (Lipinski definition) is 1. The van der Waals surface area contributed by atoms with E-state index in [-0.39, 0.29) is 6.04 Å². The van der Waals surface area contributed by atoms with Gasteiger partial charge in [-0.05, 0) is 41.0 Å². The second kappa shape index (κ2) is 10.1. The number of nitrogens with zero attached hydrogens (tertiary/aromatic N) is 1.